The lowest BCUT2D eigenvalue weighted by Gasteiger charge is -2.20. The molecule has 8 heteroatoms. The molecule has 1 aliphatic heterocycles. The highest BCUT2D eigenvalue weighted by atomic mass is 127. The lowest BCUT2D eigenvalue weighted by atomic mass is 10.2. The summed E-state index contributed by atoms with van der Waals surface area (Å²) in [5.74, 6) is 1.53. The van der Waals surface area contributed by atoms with Crippen molar-refractivity contribution in [3.05, 3.63) is 18.5 Å². The number of amides is 1. The summed E-state index contributed by atoms with van der Waals surface area (Å²) in [6.45, 7) is 12.1. The van der Waals surface area contributed by atoms with Crippen LogP contribution in [0.1, 0.15) is 34.1 Å². The number of rotatable bonds is 7. The van der Waals surface area contributed by atoms with Crippen LogP contribution in [0.25, 0.3) is 0 Å². The number of nitrogens with zero attached hydrogens (tertiary/aromatic N) is 4. The highest BCUT2D eigenvalue weighted by molar-refractivity contribution is 14.0. The first kappa shape index (κ1) is 22.7. The van der Waals surface area contributed by atoms with Crippen molar-refractivity contribution >= 4 is 35.8 Å². The number of nitrogens with one attached hydrogen (secondary N) is 2. The molecule has 148 valence electrons. The molecular formula is C18H33IN6O. The van der Waals surface area contributed by atoms with Crippen LogP contribution in [0.3, 0.4) is 0 Å². The Bertz CT molecular complexity index is 560. The Balaban J connectivity index is 0.00000338. The third-order valence-electron chi connectivity index (χ3n) is 4.30. The van der Waals surface area contributed by atoms with Gasteiger partial charge in [0.15, 0.2) is 5.96 Å². The zero-order chi connectivity index (χ0) is 18.2. The minimum Gasteiger partial charge on any atom is -0.357 e. The number of carbonyl (C=O) groups excluding carboxylic acids is 1. The number of carbonyl (C=O) groups is 1. The van der Waals surface area contributed by atoms with Crippen molar-refractivity contribution in [2.75, 3.05) is 26.2 Å². The summed E-state index contributed by atoms with van der Waals surface area (Å²) < 4.78 is 1.94. The van der Waals surface area contributed by atoms with Gasteiger partial charge in [-0.05, 0) is 25.3 Å². The van der Waals surface area contributed by atoms with Crippen molar-refractivity contribution in [3.8, 4) is 0 Å². The van der Waals surface area contributed by atoms with Gasteiger partial charge in [-0.25, -0.2) is 0 Å². The number of hydrogen-bond acceptors (Lipinski definition) is 3. The molecule has 0 aromatic carbocycles. The highest BCUT2D eigenvalue weighted by Crippen LogP contribution is 2.12. The average molecular weight is 476 g/mol. The summed E-state index contributed by atoms with van der Waals surface area (Å²) in [4.78, 5) is 18.8. The van der Waals surface area contributed by atoms with Gasteiger partial charge in [-0.1, -0.05) is 20.8 Å². The van der Waals surface area contributed by atoms with Crippen LogP contribution >= 0.6 is 24.0 Å². The summed E-state index contributed by atoms with van der Waals surface area (Å²) in [6, 6.07) is 2.20. The maximum absolute atomic E-state index is 12.1. The zero-order valence-electron chi connectivity index (χ0n) is 16.3. The van der Waals surface area contributed by atoms with Gasteiger partial charge in [-0.2, -0.15) is 5.10 Å². The Kier molecular flexibility index (Phi) is 9.97. The van der Waals surface area contributed by atoms with E-state index in [2.05, 4.69) is 29.6 Å². The van der Waals surface area contributed by atoms with Crippen LogP contribution in [-0.2, 0) is 11.3 Å². The van der Waals surface area contributed by atoms with E-state index in [1.807, 2.05) is 35.7 Å². The van der Waals surface area contributed by atoms with E-state index in [4.69, 9.17) is 4.99 Å². The van der Waals surface area contributed by atoms with Gasteiger partial charge in [-0.15, -0.1) is 24.0 Å². The van der Waals surface area contributed by atoms with Crippen molar-refractivity contribution < 1.29 is 4.79 Å². The van der Waals surface area contributed by atoms with E-state index >= 15 is 0 Å². The minimum absolute atomic E-state index is 0. The Labute approximate surface area is 174 Å². The molecule has 1 aliphatic rings. The van der Waals surface area contributed by atoms with E-state index in [9.17, 15) is 4.79 Å². The van der Waals surface area contributed by atoms with Gasteiger partial charge in [-0.3, -0.25) is 14.5 Å². The monoisotopic (exact) mass is 476 g/mol. The summed E-state index contributed by atoms with van der Waals surface area (Å²) in [5, 5.41) is 11.0. The molecule has 0 bridgehead atoms. The first-order valence-electron chi connectivity index (χ1n) is 9.30. The van der Waals surface area contributed by atoms with Crippen molar-refractivity contribution in [1.29, 1.82) is 0 Å². The fourth-order valence-corrected chi connectivity index (χ4v) is 2.99. The lowest BCUT2D eigenvalue weighted by molar-refractivity contribution is -0.133. The van der Waals surface area contributed by atoms with Gasteiger partial charge in [0.2, 0.25) is 5.91 Å². The number of guanidine groups is 1. The van der Waals surface area contributed by atoms with Gasteiger partial charge in [0.05, 0.1) is 0 Å². The third kappa shape index (κ3) is 7.13. The summed E-state index contributed by atoms with van der Waals surface area (Å²) >= 11 is 0. The molecule has 7 nitrogen and oxygen atoms in total. The standard InChI is InChI=1S/C18H32N6O.HI/c1-5-19-18(20-11-15(4)12-24-9-6-8-21-24)22-16-7-10-23(13-16)17(25)14(2)3;/h6,8-9,14-16H,5,7,10-13H2,1-4H3,(H2,19,20,22);1H. The van der Waals surface area contributed by atoms with E-state index in [0.717, 1.165) is 45.1 Å². The molecule has 2 unspecified atom stereocenters. The fraction of sp³-hybridized carbons (Fsp3) is 0.722. The maximum Gasteiger partial charge on any atom is 0.225 e. The number of aliphatic imine (C=N–C) groups is 1. The van der Waals surface area contributed by atoms with Crippen LogP contribution in [-0.4, -0.2) is 58.8 Å². The molecule has 2 N–H and O–H groups in total. The Morgan fingerprint density at radius 1 is 1.38 bits per heavy atom. The molecule has 0 aliphatic carbocycles. The minimum atomic E-state index is 0. The van der Waals surface area contributed by atoms with Crippen molar-refractivity contribution in [1.82, 2.24) is 25.3 Å². The fourth-order valence-electron chi connectivity index (χ4n) is 2.99. The Morgan fingerprint density at radius 3 is 2.77 bits per heavy atom. The largest absolute Gasteiger partial charge is 0.357 e. The normalized spacial score (nSPS) is 18.6. The molecule has 2 heterocycles. The molecule has 0 radical (unpaired) electrons. The molecule has 1 saturated heterocycles. The van der Waals surface area contributed by atoms with Gasteiger partial charge < -0.3 is 15.5 Å². The van der Waals surface area contributed by atoms with Gasteiger partial charge in [0.25, 0.3) is 0 Å². The first-order chi connectivity index (χ1) is 12.0. The number of likely N-dealkylation sites (tertiary alicyclic amines) is 1. The number of aromatic nitrogens is 2. The van der Waals surface area contributed by atoms with Crippen molar-refractivity contribution in [3.63, 3.8) is 0 Å². The predicted octanol–water partition coefficient (Wildman–Crippen LogP) is 1.95. The summed E-state index contributed by atoms with van der Waals surface area (Å²) in [5.41, 5.74) is 0. The van der Waals surface area contributed by atoms with E-state index in [0.29, 0.717) is 5.92 Å². The SMILES string of the molecule is CCNC(=NCC(C)Cn1cccn1)NC1CCN(C(=O)C(C)C)C1.I. The predicted molar refractivity (Wildman–Crippen MR) is 116 cm³/mol. The second kappa shape index (κ2) is 11.4. The number of hydrogen-bond donors (Lipinski definition) is 2. The van der Waals surface area contributed by atoms with Crippen LogP contribution in [0.15, 0.2) is 23.5 Å². The van der Waals surface area contributed by atoms with E-state index in [1.54, 1.807) is 6.20 Å². The highest BCUT2D eigenvalue weighted by Gasteiger charge is 2.27. The van der Waals surface area contributed by atoms with Crippen LogP contribution in [0.4, 0.5) is 0 Å². The lowest BCUT2D eigenvalue weighted by Crippen LogP contribution is -2.45. The molecule has 1 amide bonds. The third-order valence-corrected chi connectivity index (χ3v) is 4.30. The smallest absolute Gasteiger partial charge is 0.225 e. The molecular weight excluding hydrogens is 443 g/mol. The summed E-state index contributed by atoms with van der Waals surface area (Å²) in [6.07, 6.45) is 4.74. The molecule has 0 spiro atoms. The topological polar surface area (TPSA) is 74.6 Å². The quantitative estimate of drug-likeness (QED) is 0.359. The van der Waals surface area contributed by atoms with Gasteiger partial charge in [0, 0.05) is 57.1 Å². The van der Waals surface area contributed by atoms with E-state index in [1.165, 1.54) is 0 Å². The van der Waals surface area contributed by atoms with Crippen LogP contribution in [0, 0.1) is 11.8 Å². The Morgan fingerprint density at radius 2 is 2.15 bits per heavy atom. The average Bonchev–Trinajstić information content (AvgIpc) is 3.24. The first-order valence-corrected chi connectivity index (χ1v) is 9.30. The summed E-state index contributed by atoms with van der Waals surface area (Å²) in [7, 11) is 0. The van der Waals surface area contributed by atoms with Gasteiger partial charge >= 0.3 is 0 Å². The second-order valence-corrected chi connectivity index (χ2v) is 7.12. The molecule has 2 atom stereocenters. The van der Waals surface area contributed by atoms with Gasteiger partial charge in [0.1, 0.15) is 0 Å². The second-order valence-electron chi connectivity index (χ2n) is 7.12. The molecule has 2 rings (SSSR count). The van der Waals surface area contributed by atoms with Crippen molar-refractivity contribution in [2.24, 2.45) is 16.8 Å². The molecule has 1 aromatic rings. The van der Waals surface area contributed by atoms with Crippen LogP contribution in [0.2, 0.25) is 0 Å². The Hall–Kier alpha value is -1.32. The maximum atomic E-state index is 12.1. The van der Waals surface area contributed by atoms with E-state index < -0.39 is 0 Å². The molecule has 1 fully saturated rings. The van der Waals surface area contributed by atoms with E-state index in [-0.39, 0.29) is 41.8 Å². The molecule has 1 aromatic heterocycles. The van der Waals surface area contributed by atoms with Crippen LogP contribution < -0.4 is 10.6 Å². The molecule has 0 saturated carbocycles. The number of halogens is 1. The molecule has 26 heavy (non-hydrogen) atoms. The van der Waals surface area contributed by atoms with Crippen molar-refractivity contribution in [2.45, 2.75) is 46.7 Å². The van der Waals surface area contributed by atoms with Crippen LogP contribution in [0.5, 0.6) is 0 Å². The zero-order valence-corrected chi connectivity index (χ0v) is 18.6.